The number of hydrogen-bond donors (Lipinski definition) is 1. The Bertz CT molecular complexity index is 868. The minimum atomic E-state index is -4.69. The van der Waals surface area contributed by atoms with Crippen LogP contribution in [0.2, 0.25) is 0 Å². The summed E-state index contributed by atoms with van der Waals surface area (Å²) in [5.41, 5.74) is 0.302. The maximum Gasteiger partial charge on any atom is 0.406 e. The van der Waals surface area contributed by atoms with Gasteiger partial charge in [0.05, 0.1) is 13.2 Å². The highest BCUT2D eigenvalue weighted by atomic mass is 19.4. The predicted molar refractivity (Wildman–Crippen MR) is 87.4 cm³/mol. The van der Waals surface area contributed by atoms with Gasteiger partial charge < -0.3 is 14.7 Å². The standard InChI is InChI=1S/C18H15F3N2O4/c1-27-13-7-6-10(8-22-13)15-14(17(25)26)11-4-2-3-5-12(11)16(24)23(15)9-18(19,20)21/h2-8,14-15H,9H2,1H3,(H,25,26). The summed E-state index contributed by atoms with van der Waals surface area (Å²) < 4.78 is 44.4. The summed E-state index contributed by atoms with van der Waals surface area (Å²) in [7, 11) is 1.37. The van der Waals surface area contributed by atoms with Crippen molar-refractivity contribution in [2.75, 3.05) is 13.7 Å². The summed E-state index contributed by atoms with van der Waals surface area (Å²) >= 11 is 0. The Kier molecular flexibility index (Phi) is 4.77. The molecule has 27 heavy (non-hydrogen) atoms. The zero-order chi connectivity index (χ0) is 19.8. The van der Waals surface area contributed by atoms with E-state index in [-0.39, 0.29) is 22.6 Å². The fraction of sp³-hybridized carbons (Fsp3) is 0.278. The average Bonchev–Trinajstić information content (AvgIpc) is 2.62. The first-order valence-corrected chi connectivity index (χ1v) is 7.92. The van der Waals surface area contributed by atoms with Gasteiger partial charge in [0.2, 0.25) is 5.88 Å². The molecule has 0 fully saturated rings. The van der Waals surface area contributed by atoms with Gasteiger partial charge in [0.25, 0.3) is 5.91 Å². The van der Waals surface area contributed by atoms with Crippen molar-refractivity contribution in [1.29, 1.82) is 0 Å². The maximum atomic E-state index is 13.1. The van der Waals surface area contributed by atoms with Gasteiger partial charge in [0.1, 0.15) is 12.5 Å². The molecule has 3 rings (SSSR count). The fourth-order valence-corrected chi connectivity index (χ4v) is 3.29. The average molecular weight is 380 g/mol. The molecule has 9 heteroatoms. The predicted octanol–water partition coefficient (Wildman–Crippen LogP) is 3.02. The number of benzene rings is 1. The van der Waals surface area contributed by atoms with Gasteiger partial charge in [-0.15, -0.1) is 0 Å². The molecule has 142 valence electrons. The lowest BCUT2D eigenvalue weighted by Gasteiger charge is -2.40. The first kappa shape index (κ1) is 18.7. The number of aromatic nitrogens is 1. The Morgan fingerprint density at radius 1 is 1.26 bits per heavy atom. The smallest absolute Gasteiger partial charge is 0.406 e. The number of carboxylic acids is 1. The lowest BCUT2D eigenvalue weighted by Crippen LogP contribution is -2.48. The highest BCUT2D eigenvalue weighted by Crippen LogP contribution is 2.43. The van der Waals surface area contributed by atoms with Crippen LogP contribution in [0.4, 0.5) is 13.2 Å². The number of carbonyl (C=O) groups excluding carboxylic acids is 1. The SMILES string of the molecule is COc1ccc(C2C(C(=O)O)c3ccccc3C(=O)N2CC(F)(F)F)cn1. The van der Waals surface area contributed by atoms with E-state index in [0.29, 0.717) is 4.90 Å². The molecular weight excluding hydrogens is 365 g/mol. The molecule has 2 aromatic rings. The molecule has 1 aromatic carbocycles. The van der Waals surface area contributed by atoms with Crippen LogP contribution in [0.1, 0.15) is 33.4 Å². The molecule has 6 nitrogen and oxygen atoms in total. The molecule has 0 bridgehead atoms. The van der Waals surface area contributed by atoms with Crippen LogP contribution in [0.15, 0.2) is 42.6 Å². The normalized spacial score (nSPS) is 19.6. The summed E-state index contributed by atoms with van der Waals surface area (Å²) in [6.07, 6.45) is -3.47. The van der Waals surface area contributed by atoms with Gasteiger partial charge in [0, 0.05) is 17.8 Å². The Hall–Kier alpha value is -3.10. The van der Waals surface area contributed by atoms with Crippen molar-refractivity contribution < 1.29 is 32.6 Å². The Morgan fingerprint density at radius 3 is 2.52 bits per heavy atom. The number of nitrogens with zero attached hydrogens (tertiary/aromatic N) is 2. The van der Waals surface area contributed by atoms with Gasteiger partial charge in [-0.25, -0.2) is 4.98 Å². The second kappa shape index (κ2) is 6.90. The first-order valence-electron chi connectivity index (χ1n) is 7.92. The van der Waals surface area contributed by atoms with E-state index in [1.165, 1.54) is 43.6 Å². The number of rotatable bonds is 4. The second-order valence-corrected chi connectivity index (χ2v) is 6.03. The molecule has 1 N–H and O–H groups in total. The van der Waals surface area contributed by atoms with Crippen LogP contribution in [-0.4, -0.2) is 46.7 Å². The minimum Gasteiger partial charge on any atom is -0.481 e. The third-order valence-electron chi connectivity index (χ3n) is 4.36. The zero-order valence-electron chi connectivity index (χ0n) is 14.1. The van der Waals surface area contributed by atoms with Crippen LogP contribution in [-0.2, 0) is 4.79 Å². The minimum absolute atomic E-state index is 0.0492. The van der Waals surface area contributed by atoms with E-state index in [1.54, 1.807) is 6.07 Å². The van der Waals surface area contributed by atoms with Crippen LogP contribution in [0, 0.1) is 0 Å². The summed E-state index contributed by atoms with van der Waals surface area (Å²) in [6.45, 7) is -1.57. The number of carbonyl (C=O) groups is 2. The molecule has 1 aromatic heterocycles. The number of halogens is 3. The molecule has 2 atom stereocenters. The number of pyridine rings is 1. The lowest BCUT2D eigenvalue weighted by molar-refractivity contribution is -0.153. The summed E-state index contributed by atoms with van der Waals surface area (Å²) in [5, 5.41) is 9.76. The molecule has 2 heterocycles. The van der Waals surface area contributed by atoms with Crippen LogP contribution < -0.4 is 4.74 Å². The number of alkyl halides is 3. The van der Waals surface area contributed by atoms with E-state index in [1.807, 2.05) is 0 Å². The van der Waals surface area contributed by atoms with E-state index in [9.17, 15) is 27.9 Å². The maximum absolute atomic E-state index is 13.1. The summed E-state index contributed by atoms with van der Waals surface area (Å²) in [6, 6.07) is 7.27. The second-order valence-electron chi connectivity index (χ2n) is 6.03. The molecule has 0 saturated carbocycles. The van der Waals surface area contributed by atoms with Crippen molar-refractivity contribution in [1.82, 2.24) is 9.88 Å². The molecule has 1 aliphatic heterocycles. The van der Waals surface area contributed by atoms with Crippen molar-refractivity contribution in [2.45, 2.75) is 18.1 Å². The highest BCUT2D eigenvalue weighted by molar-refractivity contribution is 6.00. The van der Waals surface area contributed by atoms with Gasteiger partial charge in [-0.05, 0) is 17.2 Å². The van der Waals surface area contributed by atoms with Crippen LogP contribution >= 0.6 is 0 Å². The Morgan fingerprint density at radius 2 is 1.96 bits per heavy atom. The summed E-state index contributed by atoms with van der Waals surface area (Å²) in [4.78, 5) is 29.2. The lowest BCUT2D eigenvalue weighted by atomic mass is 9.80. The van der Waals surface area contributed by atoms with Crippen LogP contribution in [0.25, 0.3) is 0 Å². The first-order chi connectivity index (χ1) is 12.7. The number of amides is 1. The molecule has 0 aliphatic carbocycles. The molecule has 1 amide bonds. The van der Waals surface area contributed by atoms with Crippen molar-refractivity contribution in [3.8, 4) is 5.88 Å². The quantitative estimate of drug-likeness (QED) is 0.882. The molecule has 2 unspecified atom stereocenters. The van der Waals surface area contributed by atoms with E-state index in [2.05, 4.69) is 4.98 Å². The van der Waals surface area contributed by atoms with Crippen molar-refractivity contribution in [3.63, 3.8) is 0 Å². The number of ether oxygens (including phenoxy) is 1. The fourth-order valence-electron chi connectivity index (χ4n) is 3.29. The largest absolute Gasteiger partial charge is 0.481 e. The number of aliphatic carboxylic acids is 1. The number of fused-ring (bicyclic) bond motifs is 1. The third-order valence-corrected chi connectivity index (χ3v) is 4.36. The number of methoxy groups -OCH3 is 1. The zero-order valence-corrected chi connectivity index (χ0v) is 14.1. The number of hydrogen-bond acceptors (Lipinski definition) is 4. The Balaban J connectivity index is 2.19. The van der Waals surface area contributed by atoms with Crippen molar-refractivity contribution in [3.05, 3.63) is 59.3 Å². The third kappa shape index (κ3) is 3.57. The topological polar surface area (TPSA) is 79.7 Å². The van der Waals surface area contributed by atoms with Crippen molar-refractivity contribution >= 4 is 11.9 Å². The van der Waals surface area contributed by atoms with Crippen LogP contribution in [0.5, 0.6) is 5.88 Å². The van der Waals surface area contributed by atoms with Gasteiger partial charge in [-0.3, -0.25) is 9.59 Å². The van der Waals surface area contributed by atoms with Gasteiger partial charge in [-0.2, -0.15) is 13.2 Å². The van der Waals surface area contributed by atoms with Crippen LogP contribution in [0.3, 0.4) is 0 Å². The Labute approximate surface area is 152 Å². The molecular formula is C18H15F3N2O4. The van der Waals surface area contributed by atoms with E-state index in [0.717, 1.165) is 0 Å². The molecule has 0 spiro atoms. The van der Waals surface area contributed by atoms with Gasteiger partial charge in [-0.1, -0.05) is 24.3 Å². The van der Waals surface area contributed by atoms with Crippen molar-refractivity contribution in [2.24, 2.45) is 0 Å². The highest BCUT2D eigenvalue weighted by Gasteiger charge is 2.47. The molecule has 0 radical (unpaired) electrons. The summed E-state index contributed by atoms with van der Waals surface area (Å²) in [5.74, 6) is -3.35. The van der Waals surface area contributed by atoms with Gasteiger partial charge >= 0.3 is 12.1 Å². The van der Waals surface area contributed by atoms with Gasteiger partial charge in [0.15, 0.2) is 0 Å². The van der Waals surface area contributed by atoms with E-state index < -0.39 is 36.6 Å². The monoisotopic (exact) mass is 380 g/mol. The number of carboxylic acid groups (broad SMARTS) is 1. The van der Waals surface area contributed by atoms with E-state index >= 15 is 0 Å². The van der Waals surface area contributed by atoms with E-state index in [4.69, 9.17) is 4.74 Å². The molecule has 0 saturated heterocycles. The molecule has 1 aliphatic rings.